The zero-order chi connectivity index (χ0) is 18.8. The fraction of sp³-hybridized carbons (Fsp3) is 0.250. The van der Waals surface area contributed by atoms with E-state index < -0.39 is 55.1 Å². The SMILES string of the molecule is Cc1cc(S(F)(F)(F)(F)F)cc2c1O[C@H](C(F)(F)F)C(C(=O)Cl)=C2. The third-order valence-corrected chi connectivity index (χ3v) is 4.42. The van der Waals surface area contributed by atoms with Crippen LogP contribution in [0.25, 0.3) is 6.08 Å². The van der Waals surface area contributed by atoms with Crippen molar-refractivity contribution < 1.29 is 42.1 Å². The quantitative estimate of drug-likeness (QED) is 0.440. The molecule has 0 aromatic heterocycles. The predicted molar refractivity (Wildman–Crippen MR) is 71.9 cm³/mol. The van der Waals surface area contributed by atoms with E-state index in [4.69, 9.17) is 11.6 Å². The molecule has 0 radical (unpaired) electrons. The van der Waals surface area contributed by atoms with Gasteiger partial charge in [-0.25, -0.2) is 0 Å². The highest BCUT2D eigenvalue weighted by Crippen LogP contribution is 3.02. The first-order valence-corrected chi connectivity index (χ1v) is 8.26. The predicted octanol–water partition coefficient (Wildman–Crippen LogP) is 6.12. The summed E-state index contributed by atoms with van der Waals surface area (Å²) in [5.74, 6) is -0.690. The van der Waals surface area contributed by atoms with Crippen LogP contribution in [0.4, 0.5) is 32.6 Å². The minimum absolute atomic E-state index is 0.00479. The summed E-state index contributed by atoms with van der Waals surface area (Å²) in [6.07, 6.45) is -7.52. The smallest absolute Gasteiger partial charge is 0.429 e. The van der Waals surface area contributed by atoms with Crippen LogP contribution in [0.3, 0.4) is 0 Å². The number of alkyl halides is 3. The number of carbonyl (C=O) groups excluding carboxylic acids is 1. The lowest BCUT2D eigenvalue weighted by molar-refractivity contribution is -0.184. The van der Waals surface area contributed by atoms with Crippen LogP contribution in [0.2, 0.25) is 0 Å². The zero-order valence-corrected chi connectivity index (χ0v) is 13.0. The van der Waals surface area contributed by atoms with Gasteiger partial charge >= 0.3 is 16.4 Å². The van der Waals surface area contributed by atoms with Crippen LogP contribution in [0.5, 0.6) is 5.75 Å². The molecular weight excluding hydrogens is 396 g/mol. The van der Waals surface area contributed by atoms with Crippen molar-refractivity contribution in [1.29, 1.82) is 0 Å². The summed E-state index contributed by atoms with van der Waals surface area (Å²) in [4.78, 5) is 8.81. The van der Waals surface area contributed by atoms with Crippen LogP contribution in [0.15, 0.2) is 22.6 Å². The standard InChI is InChI=1S/C12H7ClF8O2S/c1-5-2-7(24(17,18,19,20)21)3-6-4-8(11(13)22)10(12(14,15)16)23-9(5)6/h2-4,10H,1H3/t10-/m0/s1. The van der Waals surface area contributed by atoms with E-state index in [1.165, 1.54) is 0 Å². The Morgan fingerprint density at radius 2 is 1.71 bits per heavy atom. The maximum Gasteiger partial charge on any atom is 0.429 e. The van der Waals surface area contributed by atoms with Gasteiger partial charge in [0.1, 0.15) is 10.6 Å². The minimum Gasteiger partial charge on any atom is -0.475 e. The summed E-state index contributed by atoms with van der Waals surface area (Å²) < 4.78 is 108. The maximum atomic E-state index is 12.9. The highest BCUT2D eigenvalue weighted by molar-refractivity contribution is 8.45. The average Bonchev–Trinajstić information content (AvgIpc) is 2.33. The van der Waals surface area contributed by atoms with Gasteiger partial charge in [0.25, 0.3) is 5.24 Å². The number of benzene rings is 1. The molecule has 1 aromatic rings. The number of hydrogen-bond donors (Lipinski definition) is 0. The van der Waals surface area contributed by atoms with E-state index in [1.807, 2.05) is 0 Å². The molecule has 1 aromatic carbocycles. The van der Waals surface area contributed by atoms with E-state index in [-0.39, 0.29) is 12.1 Å². The second-order valence-corrected chi connectivity index (χ2v) is 7.79. The normalized spacial score (nSPS) is 21.1. The zero-order valence-electron chi connectivity index (χ0n) is 11.4. The first kappa shape index (κ1) is 18.8. The average molecular weight is 403 g/mol. The number of ether oxygens (including phenoxy) is 1. The molecule has 136 valence electrons. The Morgan fingerprint density at radius 3 is 2.12 bits per heavy atom. The molecule has 0 aliphatic carbocycles. The Balaban J connectivity index is 2.73. The van der Waals surface area contributed by atoms with E-state index in [0.717, 1.165) is 6.92 Å². The molecule has 24 heavy (non-hydrogen) atoms. The van der Waals surface area contributed by atoms with Crippen molar-refractivity contribution in [3.05, 3.63) is 28.8 Å². The monoisotopic (exact) mass is 402 g/mol. The van der Waals surface area contributed by atoms with Gasteiger partial charge in [-0.3, -0.25) is 4.79 Å². The van der Waals surface area contributed by atoms with E-state index in [1.54, 1.807) is 0 Å². The van der Waals surface area contributed by atoms with Gasteiger partial charge in [-0.2, -0.15) is 13.2 Å². The van der Waals surface area contributed by atoms with Crippen molar-refractivity contribution in [2.45, 2.75) is 24.1 Å². The van der Waals surface area contributed by atoms with Crippen molar-refractivity contribution in [2.24, 2.45) is 0 Å². The molecule has 1 atom stereocenters. The molecule has 0 N–H and O–H groups in total. The van der Waals surface area contributed by atoms with Crippen LogP contribution in [-0.2, 0) is 4.79 Å². The van der Waals surface area contributed by atoms with E-state index in [0.29, 0.717) is 6.08 Å². The molecule has 0 spiro atoms. The number of aryl methyl sites for hydroxylation is 1. The topological polar surface area (TPSA) is 26.3 Å². The molecule has 2 rings (SSSR count). The van der Waals surface area contributed by atoms with Crippen molar-refractivity contribution >= 4 is 33.1 Å². The molecule has 0 fully saturated rings. The van der Waals surface area contributed by atoms with Gasteiger partial charge in [0.05, 0.1) is 5.57 Å². The molecule has 0 amide bonds. The van der Waals surface area contributed by atoms with Gasteiger partial charge in [0, 0.05) is 5.56 Å². The highest BCUT2D eigenvalue weighted by atomic mass is 35.5. The molecule has 0 unspecified atom stereocenters. The number of carbonyl (C=O) groups is 1. The lowest BCUT2D eigenvalue weighted by atomic mass is 10.00. The van der Waals surface area contributed by atoms with Gasteiger partial charge in [-0.1, -0.05) is 19.4 Å². The molecule has 0 bridgehead atoms. The summed E-state index contributed by atoms with van der Waals surface area (Å²) in [6.45, 7) is 0.876. The van der Waals surface area contributed by atoms with Gasteiger partial charge in [0.2, 0.25) is 6.10 Å². The van der Waals surface area contributed by atoms with Crippen molar-refractivity contribution in [3.8, 4) is 5.75 Å². The fourth-order valence-corrected chi connectivity index (χ4v) is 2.99. The summed E-state index contributed by atoms with van der Waals surface area (Å²) in [5, 5.41) is -1.63. The Morgan fingerprint density at radius 1 is 1.17 bits per heavy atom. The number of halogens is 9. The van der Waals surface area contributed by atoms with Crippen molar-refractivity contribution in [2.75, 3.05) is 0 Å². The lowest BCUT2D eigenvalue weighted by Gasteiger charge is -2.41. The third-order valence-electron chi connectivity index (χ3n) is 3.08. The number of hydrogen-bond acceptors (Lipinski definition) is 2. The second kappa shape index (κ2) is 4.57. The molecule has 12 heteroatoms. The van der Waals surface area contributed by atoms with Gasteiger partial charge in [0.15, 0.2) is 0 Å². The summed E-state index contributed by atoms with van der Waals surface area (Å²) in [7, 11) is -10.1. The van der Waals surface area contributed by atoms with Gasteiger partial charge in [-0.05, 0) is 42.3 Å². The maximum absolute atomic E-state index is 12.9. The van der Waals surface area contributed by atoms with E-state index in [2.05, 4.69) is 4.74 Å². The summed E-state index contributed by atoms with van der Waals surface area (Å²) >= 11 is 5.00. The fourth-order valence-electron chi connectivity index (χ4n) is 2.09. The molecule has 1 aliphatic heterocycles. The van der Waals surface area contributed by atoms with E-state index >= 15 is 0 Å². The highest BCUT2D eigenvalue weighted by Gasteiger charge is 2.65. The van der Waals surface area contributed by atoms with Crippen LogP contribution in [0, 0.1) is 6.92 Å². The van der Waals surface area contributed by atoms with Gasteiger partial charge < -0.3 is 4.74 Å². The molecule has 2 nitrogen and oxygen atoms in total. The Kier molecular flexibility index (Phi) is 3.59. The molecular formula is C12H7ClF8O2S. The summed E-state index contributed by atoms with van der Waals surface area (Å²) in [5.41, 5.74) is -2.54. The van der Waals surface area contributed by atoms with Gasteiger partial charge in [-0.15, -0.1) is 0 Å². The van der Waals surface area contributed by atoms with Crippen LogP contribution < -0.4 is 4.74 Å². The van der Waals surface area contributed by atoms with Crippen LogP contribution in [-0.4, -0.2) is 17.5 Å². The molecule has 0 saturated carbocycles. The lowest BCUT2D eigenvalue weighted by Crippen LogP contribution is -2.39. The Bertz CT molecular complexity index is 766. The molecule has 1 heterocycles. The number of fused-ring (bicyclic) bond motifs is 1. The Labute approximate surface area is 134 Å². The largest absolute Gasteiger partial charge is 0.475 e. The van der Waals surface area contributed by atoms with Crippen LogP contribution >= 0.6 is 21.8 Å². The molecule has 1 aliphatic rings. The summed E-state index contributed by atoms with van der Waals surface area (Å²) in [6, 6.07) is -0.0779. The number of rotatable bonds is 2. The van der Waals surface area contributed by atoms with E-state index in [9.17, 15) is 37.4 Å². The van der Waals surface area contributed by atoms with Crippen molar-refractivity contribution in [1.82, 2.24) is 0 Å². The second-order valence-electron chi connectivity index (χ2n) is 5.04. The first-order valence-electron chi connectivity index (χ1n) is 5.93. The minimum atomic E-state index is -10.1. The van der Waals surface area contributed by atoms with Crippen molar-refractivity contribution in [3.63, 3.8) is 0 Å². The molecule has 0 saturated heterocycles. The third kappa shape index (κ3) is 3.61. The van der Waals surface area contributed by atoms with Crippen LogP contribution in [0.1, 0.15) is 11.1 Å². The Hall–Kier alpha value is -1.49. The first-order chi connectivity index (χ1) is 10.4.